The minimum atomic E-state index is 0.142. The fourth-order valence-electron chi connectivity index (χ4n) is 0.935. The molecular weight excluding hydrogens is 162 g/mol. The van der Waals surface area contributed by atoms with E-state index in [0.717, 1.165) is 11.1 Å². The molecule has 0 aliphatic carbocycles. The predicted octanol–water partition coefficient (Wildman–Crippen LogP) is 2.10. The molecule has 0 fully saturated rings. The molecule has 0 N–H and O–H groups in total. The summed E-state index contributed by atoms with van der Waals surface area (Å²) in [6, 6.07) is 9.42. The summed E-state index contributed by atoms with van der Waals surface area (Å²) in [5, 5.41) is 8.49. The van der Waals surface area contributed by atoms with Crippen LogP contribution in [0.5, 0.6) is 0 Å². The van der Waals surface area contributed by atoms with Gasteiger partial charge >= 0.3 is 0 Å². The second-order valence-corrected chi connectivity index (χ2v) is 2.74. The summed E-state index contributed by atoms with van der Waals surface area (Å²) in [5.74, 6) is 0. The van der Waals surface area contributed by atoms with Crippen LogP contribution in [0.4, 0.5) is 0 Å². The minimum absolute atomic E-state index is 0.142. The van der Waals surface area contributed by atoms with E-state index in [1.807, 2.05) is 37.3 Å². The van der Waals surface area contributed by atoms with Gasteiger partial charge in [0.25, 0.3) is 0 Å². The van der Waals surface area contributed by atoms with Crippen LogP contribution in [0, 0.1) is 18.3 Å². The Morgan fingerprint density at radius 1 is 1.38 bits per heavy atom. The van der Waals surface area contributed by atoms with Crippen LogP contribution in [0.15, 0.2) is 29.8 Å². The van der Waals surface area contributed by atoms with Gasteiger partial charge in [-0.15, -0.1) is 0 Å². The van der Waals surface area contributed by atoms with Crippen molar-refractivity contribution in [2.75, 3.05) is 0 Å². The van der Waals surface area contributed by atoms with Gasteiger partial charge in [-0.25, -0.2) is 0 Å². The summed E-state index contributed by atoms with van der Waals surface area (Å²) in [6.07, 6.45) is 2.12. The zero-order valence-corrected chi connectivity index (χ0v) is 7.32. The van der Waals surface area contributed by atoms with Crippen molar-refractivity contribution in [1.82, 2.24) is 0 Å². The zero-order chi connectivity index (χ0) is 9.68. The molecular formula is C11H9NO. The van der Waals surface area contributed by atoms with Gasteiger partial charge in [0, 0.05) is 0 Å². The number of aldehydes is 1. The molecule has 0 aromatic heterocycles. The molecule has 1 aromatic rings. The first-order chi connectivity index (χ1) is 6.26. The molecule has 64 valence electrons. The standard InChI is InChI=1S/C11H9NO/c1-9-2-4-10(5-3-9)6-11(7-12)8-13/h2-6,8H,1H3/b11-6+. The van der Waals surface area contributed by atoms with Gasteiger partial charge < -0.3 is 0 Å². The van der Waals surface area contributed by atoms with E-state index in [9.17, 15) is 4.79 Å². The molecule has 2 nitrogen and oxygen atoms in total. The van der Waals surface area contributed by atoms with Crippen LogP contribution in [0.25, 0.3) is 6.08 Å². The van der Waals surface area contributed by atoms with Crippen LogP contribution >= 0.6 is 0 Å². The van der Waals surface area contributed by atoms with Gasteiger partial charge in [0.15, 0.2) is 6.29 Å². The van der Waals surface area contributed by atoms with Gasteiger partial charge in [0.1, 0.15) is 6.07 Å². The van der Waals surface area contributed by atoms with Crippen molar-refractivity contribution in [2.45, 2.75) is 6.92 Å². The fraction of sp³-hybridized carbons (Fsp3) is 0.0909. The lowest BCUT2D eigenvalue weighted by atomic mass is 10.1. The molecule has 2 heteroatoms. The Morgan fingerprint density at radius 3 is 2.46 bits per heavy atom. The predicted molar refractivity (Wildman–Crippen MR) is 50.8 cm³/mol. The van der Waals surface area contributed by atoms with E-state index in [1.165, 1.54) is 0 Å². The van der Waals surface area contributed by atoms with Crippen LogP contribution < -0.4 is 0 Å². The topological polar surface area (TPSA) is 40.9 Å². The van der Waals surface area contributed by atoms with Crippen molar-refractivity contribution in [3.8, 4) is 6.07 Å². The van der Waals surface area contributed by atoms with Crippen molar-refractivity contribution < 1.29 is 4.79 Å². The molecule has 0 aliphatic rings. The summed E-state index contributed by atoms with van der Waals surface area (Å²) in [7, 11) is 0. The van der Waals surface area contributed by atoms with Crippen molar-refractivity contribution in [2.24, 2.45) is 0 Å². The SMILES string of the molecule is Cc1ccc(/C=C(\C#N)C=O)cc1. The quantitative estimate of drug-likeness (QED) is 0.388. The third-order valence-electron chi connectivity index (χ3n) is 1.66. The Morgan fingerprint density at radius 2 is 2.00 bits per heavy atom. The molecule has 0 amide bonds. The van der Waals surface area contributed by atoms with Crippen molar-refractivity contribution >= 4 is 12.4 Å². The summed E-state index contributed by atoms with van der Waals surface area (Å²) in [6.45, 7) is 1.98. The minimum Gasteiger partial charge on any atom is -0.297 e. The van der Waals surface area contributed by atoms with E-state index in [0.29, 0.717) is 6.29 Å². The molecule has 0 spiro atoms. The number of benzene rings is 1. The lowest BCUT2D eigenvalue weighted by Gasteiger charge is -1.93. The average Bonchev–Trinajstić information content (AvgIpc) is 2.17. The van der Waals surface area contributed by atoms with Gasteiger partial charge in [0.05, 0.1) is 5.57 Å². The number of nitriles is 1. The molecule has 0 unspecified atom stereocenters. The van der Waals surface area contributed by atoms with Crippen molar-refractivity contribution in [3.05, 3.63) is 41.0 Å². The molecule has 0 saturated carbocycles. The second-order valence-electron chi connectivity index (χ2n) is 2.74. The smallest absolute Gasteiger partial charge is 0.160 e. The Kier molecular flexibility index (Phi) is 2.99. The van der Waals surface area contributed by atoms with Crippen LogP contribution in [0.1, 0.15) is 11.1 Å². The number of hydrogen-bond donors (Lipinski definition) is 0. The molecule has 0 radical (unpaired) electrons. The van der Waals surface area contributed by atoms with Crippen LogP contribution in [0.2, 0.25) is 0 Å². The highest BCUT2D eigenvalue weighted by Crippen LogP contribution is 2.06. The van der Waals surface area contributed by atoms with E-state index >= 15 is 0 Å². The van der Waals surface area contributed by atoms with E-state index in [4.69, 9.17) is 5.26 Å². The number of aryl methyl sites for hydroxylation is 1. The number of carbonyl (C=O) groups is 1. The number of nitrogens with zero attached hydrogens (tertiary/aromatic N) is 1. The molecule has 0 saturated heterocycles. The summed E-state index contributed by atoms with van der Waals surface area (Å²) in [4.78, 5) is 10.3. The van der Waals surface area contributed by atoms with E-state index in [2.05, 4.69) is 0 Å². The highest BCUT2D eigenvalue weighted by Gasteiger charge is 1.92. The van der Waals surface area contributed by atoms with Gasteiger partial charge in [-0.3, -0.25) is 4.79 Å². The third-order valence-corrected chi connectivity index (χ3v) is 1.66. The Bertz CT molecular complexity index is 368. The molecule has 0 heterocycles. The highest BCUT2D eigenvalue weighted by atomic mass is 16.1. The van der Waals surface area contributed by atoms with E-state index < -0.39 is 0 Å². The fourth-order valence-corrected chi connectivity index (χ4v) is 0.935. The Balaban J connectivity index is 2.98. The first-order valence-corrected chi connectivity index (χ1v) is 3.90. The maximum atomic E-state index is 10.3. The Labute approximate surface area is 77.1 Å². The number of hydrogen-bond acceptors (Lipinski definition) is 2. The maximum Gasteiger partial charge on any atom is 0.160 e. The molecule has 0 aliphatic heterocycles. The maximum absolute atomic E-state index is 10.3. The molecule has 13 heavy (non-hydrogen) atoms. The van der Waals surface area contributed by atoms with Crippen molar-refractivity contribution in [1.29, 1.82) is 5.26 Å². The summed E-state index contributed by atoms with van der Waals surface area (Å²) >= 11 is 0. The monoisotopic (exact) mass is 171 g/mol. The highest BCUT2D eigenvalue weighted by molar-refractivity contribution is 5.86. The first-order valence-electron chi connectivity index (χ1n) is 3.90. The third kappa shape index (κ3) is 2.57. The molecule has 1 aromatic carbocycles. The largest absolute Gasteiger partial charge is 0.297 e. The van der Waals surface area contributed by atoms with Gasteiger partial charge in [-0.05, 0) is 18.6 Å². The van der Waals surface area contributed by atoms with Crippen LogP contribution in [-0.2, 0) is 4.79 Å². The zero-order valence-electron chi connectivity index (χ0n) is 7.32. The molecule has 1 rings (SSSR count). The second kappa shape index (κ2) is 4.22. The summed E-state index contributed by atoms with van der Waals surface area (Å²) in [5.41, 5.74) is 2.17. The van der Waals surface area contributed by atoms with Gasteiger partial charge in [-0.1, -0.05) is 29.8 Å². The first kappa shape index (κ1) is 9.21. The Hall–Kier alpha value is -1.88. The lowest BCUT2D eigenvalue weighted by molar-refractivity contribution is -0.104. The normalized spacial score (nSPS) is 10.6. The lowest BCUT2D eigenvalue weighted by Crippen LogP contribution is -1.80. The average molecular weight is 171 g/mol. The summed E-state index contributed by atoms with van der Waals surface area (Å²) < 4.78 is 0. The van der Waals surface area contributed by atoms with Crippen LogP contribution in [0.3, 0.4) is 0 Å². The van der Waals surface area contributed by atoms with E-state index in [-0.39, 0.29) is 5.57 Å². The number of carbonyl (C=O) groups excluding carboxylic acids is 1. The van der Waals surface area contributed by atoms with Crippen LogP contribution in [-0.4, -0.2) is 6.29 Å². The van der Waals surface area contributed by atoms with Gasteiger partial charge in [-0.2, -0.15) is 5.26 Å². The number of allylic oxidation sites excluding steroid dienone is 1. The molecule has 0 atom stereocenters. The molecule has 0 bridgehead atoms. The number of rotatable bonds is 2. The van der Waals surface area contributed by atoms with Crippen molar-refractivity contribution in [3.63, 3.8) is 0 Å². The van der Waals surface area contributed by atoms with E-state index in [1.54, 1.807) is 6.08 Å². The van der Waals surface area contributed by atoms with Gasteiger partial charge in [0.2, 0.25) is 0 Å².